The molecule has 0 aliphatic heterocycles. The van der Waals surface area contributed by atoms with Crippen molar-refractivity contribution in [3.05, 3.63) is 18.2 Å². The fourth-order valence-corrected chi connectivity index (χ4v) is 2.68. The van der Waals surface area contributed by atoms with Crippen molar-refractivity contribution in [2.24, 2.45) is 0 Å². The second-order valence-corrected chi connectivity index (χ2v) is 6.21. The Morgan fingerprint density at radius 3 is 2.52 bits per heavy atom. The van der Waals surface area contributed by atoms with Crippen molar-refractivity contribution in [1.29, 1.82) is 0 Å². The molecule has 1 aromatic rings. The van der Waals surface area contributed by atoms with Crippen molar-refractivity contribution in [2.75, 3.05) is 26.1 Å². The molecule has 0 bridgehead atoms. The van der Waals surface area contributed by atoms with Gasteiger partial charge in [0.1, 0.15) is 5.75 Å². The molecule has 0 aliphatic carbocycles. The molecule has 1 atom stereocenters. The van der Waals surface area contributed by atoms with Gasteiger partial charge in [-0.1, -0.05) is 0 Å². The van der Waals surface area contributed by atoms with Crippen LogP contribution in [0.3, 0.4) is 0 Å². The van der Waals surface area contributed by atoms with Crippen molar-refractivity contribution in [3.8, 4) is 5.75 Å². The highest BCUT2D eigenvalue weighted by Crippen LogP contribution is 2.27. The first kappa shape index (κ1) is 17.4. The topological polar surface area (TPSA) is 93.7 Å². The summed E-state index contributed by atoms with van der Waals surface area (Å²) in [6, 6.07) is 4.24. The van der Waals surface area contributed by atoms with E-state index in [1.54, 1.807) is 6.92 Å². The zero-order valence-corrected chi connectivity index (χ0v) is 13.3. The Bertz CT molecular complexity index is 601. The maximum atomic E-state index is 12.2. The van der Waals surface area contributed by atoms with E-state index in [2.05, 4.69) is 10.0 Å². The first-order valence-corrected chi connectivity index (χ1v) is 7.76. The lowest BCUT2D eigenvalue weighted by Gasteiger charge is -2.14. The lowest BCUT2D eigenvalue weighted by atomic mass is 10.3. The molecule has 1 unspecified atom stereocenters. The van der Waals surface area contributed by atoms with Crippen molar-refractivity contribution in [3.63, 3.8) is 0 Å². The van der Waals surface area contributed by atoms with Gasteiger partial charge >= 0.3 is 0 Å². The molecule has 0 fully saturated rings. The summed E-state index contributed by atoms with van der Waals surface area (Å²) >= 11 is 0. The Morgan fingerprint density at radius 1 is 1.33 bits per heavy atom. The molecule has 7 nitrogen and oxygen atoms in total. The molecule has 21 heavy (non-hydrogen) atoms. The van der Waals surface area contributed by atoms with Crippen molar-refractivity contribution in [2.45, 2.75) is 24.8 Å². The van der Waals surface area contributed by atoms with E-state index in [1.807, 2.05) is 0 Å². The number of carbonyl (C=O) groups excluding carboxylic acids is 1. The second-order valence-electron chi connectivity index (χ2n) is 4.44. The maximum Gasteiger partial charge on any atom is 0.240 e. The number of nitrogens with one attached hydrogen (secondary N) is 2. The zero-order chi connectivity index (χ0) is 16.0. The molecular weight excluding hydrogens is 296 g/mol. The number of ether oxygens (including phenoxy) is 2. The lowest BCUT2D eigenvalue weighted by Crippen LogP contribution is -2.31. The minimum absolute atomic E-state index is 0.0374. The Balaban J connectivity index is 3.04. The maximum absolute atomic E-state index is 12.2. The number of rotatable bonds is 7. The summed E-state index contributed by atoms with van der Waals surface area (Å²) in [5.41, 5.74) is 0.299. The summed E-state index contributed by atoms with van der Waals surface area (Å²) in [7, 11) is -0.747. The Hall–Kier alpha value is -1.64. The highest BCUT2D eigenvalue weighted by atomic mass is 32.2. The molecule has 0 aromatic heterocycles. The Kier molecular flexibility index (Phi) is 6.13. The molecule has 1 amide bonds. The van der Waals surface area contributed by atoms with Gasteiger partial charge in [-0.3, -0.25) is 4.79 Å². The number of hydrogen-bond donors (Lipinski definition) is 2. The molecular formula is C13H20N2O5S. The second kappa shape index (κ2) is 7.39. The van der Waals surface area contributed by atoms with E-state index in [1.165, 1.54) is 39.3 Å². The number of methoxy groups -OCH3 is 2. The van der Waals surface area contributed by atoms with Gasteiger partial charge in [0.25, 0.3) is 0 Å². The van der Waals surface area contributed by atoms with Crippen LogP contribution in [0.15, 0.2) is 23.1 Å². The number of benzene rings is 1. The third-order valence-corrected chi connectivity index (χ3v) is 4.18. The Morgan fingerprint density at radius 2 is 2.00 bits per heavy atom. The Labute approximate surface area is 124 Å². The molecule has 0 aliphatic rings. The van der Waals surface area contributed by atoms with Gasteiger partial charge in [0, 0.05) is 20.6 Å². The minimum atomic E-state index is -3.69. The number of anilines is 1. The summed E-state index contributed by atoms with van der Waals surface area (Å²) < 4.78 is 36.8. The summed E-state index contributed by atoms with van der Waals surface area (Å²) in [6.07, 6.45) is -0.243. The highest BCUT2D eigenvalue weighted by Gasteiger charge is 2.17. The first-order chi connectivity index (χ1) is 9.80. The van der Waals surface area contributed by atoms with Crippen LogP contribution in [0, 0.1) is 0 Å². The molecule has 0 radical (unpaired) electrons. The summed E-state index contributed by atoms with van der Waals surface area (Å²) in [5, 5.41) is 2.53. The van der Waals surface area contributed by atoms with Crippen LogP contribution >= 0.6 is 0 Å². The van der Waals surface area contributed by atoms with E-state index in [0.29, 0.717) is 11.4 Å². The van der Waals surface area contributed by atoms with Crippen LogP contribution in [-0.2, 0) is 19.6 Å². The predicted molar refractivity (Wildman–Crippen MR) is 79.0 cm³/mol. The van der Waals surface area contributed by atoms with E-state index in [9.17, 15) is 13.2 Å². The van der Waals surface area contributed by atoms with Crippen LogP contribution < -0.4 is 14.8 Å². The zero-order valence-electron chi connectivity index (χ0n) is 12.5. The molecule has 0 saturated heterocycles. The van der Waals surface area contributed by atoms with Gasteiger partial charge in [0.05, 0.1) is 23.8 Å². The molecule has 0 heterocycles. The minimum Gasteiger partial charge on any atom is -0.495 e. The van der Waals surface area contributed by atoms with Crippen molar-refractivity contribution < 1.29 is 22.7 Å². The number of carbonyl (C=O) groups is 1. The molecule has 1 aromatic carbocycles. The highest BCUT2D eigenvalue weighted by molar-refractivity contribution is 7.89. The largest absolute Gasteiger partial charge is 0.495 e. The van der Waals surface area contributed by atoms with Gasteiger partial charge in [0.15, 0.2) is 0 Å². The normalized spacial score (nSPS) is 12.8. The van der Waals surface area contributed by atoms with Gasteiger partial charge in [-0.2, -0.15) is 0 Å². The fourth-order valence-electron chi connectivity index (χ4n) is 1.54. The average Bonchev–Trinajstić information content (AvgIpc) is 2.44. The fraction of sp³-hybridized carbons (Fsp3) is 0.462. The van der Waals surface area contributed by atoms with Crippen molar-refractivity contribution in [1.82, 2.24) is 4.72 Å². The number of sulfonamides is 1. The quantitative estimate of drug-likeness (QED) is 0.781. The van der Waals surface area contributed by atoms with Crippen LogP contribution in [0.25, 0.3) is 0 Å². The molecule has 118 valence electrons. The summed E-state index contributed by atoms with van der Waals surface area (Å²) in [4.78, 5) is 11.2. The molecule has 0 saturated carbocycles. The van der Waals surface area contributed by atoms with Crippen LogP contribution in [-0.4, -0.2) is 41.2 Å². The van der Waals surface area contributed by atoms with E-state index < -0.39 is 10.0 Å². The smallest absolute Gasteiger partial charge is 0.240 e. The lowest BCUT2D eigenvalue weighted by molar-refractivity contribution is -0.114. The van der Waals surface area contributed by atoms with Gasteiger partial charge in [-0.05, 0) is 25.1 Å². The third kappa shape index (κ3) is 5.00. The molecule has 1 rings (SSSR count). The number of amides is 1. The predicted octanol–water partition coefficient (Wildman–Crippen LogP) is 0.967. The standard InChI is InChI=1S/C13H20N2O5S/c1-9(19-3)8-14-21(17,18)11-5-6-13(20-4)12(7-11)15-10(2)16/h5-7,9,14H,8H2,1-4H3,(H,15,16). The summed E-state index contributed by atoms with van der Waals surface area (Å²) in [6.45, 7) is 3.23. The average molecular weight is 316 g/mol. The van der Waals surface area contributed by atoms with E-state index >= 15 is 0 Å². The van der Waals surface area contributed by atoms with E-state index in [-0.39, 0.29) is 23.5 Å². The van der Waals surface area contributed by atoms with Gasteiger partial charge in [-0.25, -0.2) is 13.1 Å². The van der Waals surface area contributed by atoms with Crippen LogP contribution in [0.4, 0.5) is 5.69 Å². The SMILES string of the molecule is COc1ccc(S(=O)(=O)NCC(C)OC)cc1NC(C)=O. The van der Waals surface area contributed by atoms with Gasteiger partial charge in [0.2, 0.25) is 15.9 Å². The van der Waals surface area contributed by atoms with Crippen LogP contribution in [0.5, 0.6) is 5.75 Å². The number of hydrogen-bond acceptors (Lipinski definition) is 5. The first-order valence-electron chi connectivity index (χ1n) is 6.28. The molecule has 8 heteroatoms. The van der Waals surface area contributed by atoms with Crippen LogP contribution in [0.1, 0.15) is 13.8 Å². The summed E-state index contributed by atoms with van der Waals surface area (Å²) in [5.74, 6) is 0.0678. The molecule has 0 spiro atoms. The van der Waals surface area contributed by atoms with E-state index in [4.69, 9.17) is 9.47 Å². The molecule has 2 N–H and O–H groups in total. The van der Waals surface area contributed by atoms with E-state index in [0.717, 1.165) is 0 Å². The van der Waals surface area contributed by atoms with Crippen LogP contribution in [0.2, 0.25) is 0 Å². The van der Waals surface area contributed by atoms with Gasteiger partial charge < -0.3 is 14.8 Å². The van der Waals surface area contributed by atoms with Gasteiger partial charge in [-0.15, -0.1) is 0 Å². The third-order valence-electron chi connectivity index (χ3n) is 2.76. The van der Waals surface area contributed by atoms with Crippen molar-refractivity contribution >= 4 is 21.6 Å². The monoisotopic (exact) mass is 316 g/mol.